The molecule has 0 aliphatic heterocycles. The Labute approximate surface area is 131 Å². The Kier molecular flexibility index (Phi) is 3.96. The molecule has 0 atom stereocenters. The van der Waals surface area contributed by atoms with Crippen molar-refractivity contribution >= 4 is 21.6 Å². The van der Waals surface area contributed by atoms with Crippen LogP contribution in [0.5, 0.6) is 0 Å². The molecule has 0 unspecified atom stereocenters. The van der Waals surface area contributed by atoms with Crippen molar-refractivity contribution in [2.24, 2.45) is 0 Å². The maximum Gasteiger partial charge on any atom is 0.143 e. The fraction of sp³-hybridized carbons (Fsp3) is 0.133. The summed E-state index contributed by atoms with van der Waals surface area (Å²) in [5.74, 6) is 0. The van der Waals surface area contributed by atoms with Crippen LogP contribution in [0.15, 0.2) is 53.3 Å². The molecule has 0 aliphatic rings. The largest absolute Gasteiger partial charge is 0.379 e. The molecule has 0 radical (unpaired) electrons. The van der Waals surface area contributed by atoms with Crippen molar-refractivity contribution in [2.75, 3.05) is 5.32 Å². The van der Waals surface area contributed by atoms with Crippen molar-refractivity contribution in [3.63, 3.8) is 0 Å². The van der Waals surface area contributed by atoms with Gasteiger partial charge < -0.3 is 5.32 Å². The van der Waals surface area contributed by atoms with E-state index in [1.807, 2.05) is 24.3 Å². The third kappa shape index (κ3) is 3.11. The van der Waals surface area contributed by atoms with Crippen LogP contribution >= 0.6 is 15.9 Å². The average molecular weight is 344 g/mol. The number of tetrazole rings is 1. The van der Waals surface area contributed by atoms with Crippen LogP contribution in [0.4, 0.5) is 5.69 Å². The van der Waals surface area contributed by atoms with E-state index in [9.17, 15) is 0 Å². The first kappa shape index (κ1) is 13.8. The highest BCUT2D eigenvalue weighted by Gasteiger charge is 2.05. The van der Waals surface area contributed by atoms with Gasteiger partial charge in [0.25, 0.3) is 0 Å². The highest BCUT2D eigenvalue weighted by atomic mass is 79.9. The first-order valence-corrected chi connectivity index (χ1v) is 7.34. The molecule has 1 aromatic heterocycles. The normalized spacial score (nSPS) is 10.6. The molecule has 0 amide bonds. The maximum absolute atomic E-state index is 3.94. The van der Waals surface area contributed by atoms with Crippen molar-refractivity contribution in [1.82, 2.24) is 20.2 Å². The molecule has 106 valence electrons. The zero-order valence-corrected chi connectivity index (χ0v) is 13.1. The maximum atomic E-state index is 3.94. The average Bonchev–Trinajstić information content (AvgIpc) is 3.03. The summed E-state index contributed by atoms with van der Waals surface area (Å²) in [5.41, 5.74) is 4.35. The summed E-state index contributed by atoms with van der Waals surface area (Å²) < 4.78 is 2.77. The first-order valence-electron chi connectivity index (χ1n) is 6.55. The van der Waals surface area contributed by atoms with Crippen molar-refractivity contribution in [1.29, 1.82) is 0 Å². The summed E-state index contributed by atoms with van der Waals surface area (Å²) >= 11 is 3.56. The number of benzene rings is 2. The summed E-state index contributed by atoms with van der Waals surface area (Å²) in [4.78, 5) is 0. The summed E-state index contributed by atoms with van der Waals surface area (Å²) in [6, 6.07) is 14.3. The molecule has 0 spiro atoms. The Bertz CT molecular complexity index is 740. The van der Waals surface area contributed by atoms with Gasteiger partial charge >= 0.3 is 0 Å². The Morgan fingerprint density at radius 2 is 2.05 bits per heavy atom. The Hall–Kier alpha value is -2.21. The molecule has 5 nitrogen and oxygen atoms in total. The van der Waals surface area contributed by atoms with Gasteiger partial charge in [-0.1, -0.05) is 40.2 Å². The molecule has 21 heavy (non-hydrogen) atoms. The molecular formula is C15H14BrN5. The second kappa shape index (κ2) is 6.05. The third-order valence-electron chi connectivity index (χ3n) is 3.22. The molecule has 0 saturated carbocycles. The molecule has 1 heterocycles. The fourth-order valence-electron chi connectivity index (χ4n) is 2.04. The van der Waals surface area contributed by atoms with E-state index in [4.69, 9.17) is 0 Å². The minimum absolute atomic E-state index is 0.734. The Balaban J connectivity index is 1.81. The van der Waals surface area contributed by atoms with E-state index in [1.54, 1.807) is 11.0 Å². The van der Waals surface area contributed by atoms with Gasteiger partial charge in [0.05, 0.1) is 11.4 Å². The number of aromatic nitrogens is 4. The zero-order valence-electron chi connectivity index (χ0n) is 11.5. The Morgan fingerprint density at radius 3 is 2.81 bits per heavy atom. The second-order valence-electron chi connectivity index (χ2n) is 4.71. The van der Waals surface area contributed by atoms with Gasteiger partial charge in [0.2, 0.25) is 0 Å². The minimum Gasteiger partial charge on any atom is -0.379 e. The van der Waals surface area contributed by atoms with E-state index in [1.165, 1.54) is 11.1 Å². The van der Waals surface area contributed by atoms with Crippen LogP contribution in [0.3, 0.4) is 0 Å². The van der Waals surface area contributed by atoms with Gasteiger partial charge in [-0.3, -0.25) is 0 Å². The number of aryl methyl sites for hydroxylation is 1. The number of hydrogen-bond donors (Lipinski definition) is 1. The molecule has 3 aromatic rings. The fourth-order valence-corrected chi connectivity index (χ4v) is 2.46. The number of nitrogens with zero attached hydrogens (tertiary/aromatic N) is 4. The number of rotatable bonds is 4. The highest BCUT2D eigenvalue weighted by molar-refractivity contribution is 9.10. The van der Waals surface area contributed by atoms with E-state index in [0.717, 1.165) is 22.4 Å². The number of anilines is 1. The standard InChI is InChI=1S/C15H14BrN5/c1-11-6-7-12(8-13(11)16)9-17-14-4-2-3-5-15(14)21-10-18-19-20-21/h2-8,10,17H,9H2,1H3. The molecule has 1 N–H and O–H groups in total. The van der Waals surface area contributed by atoms with E-state index in [0.29, 0.717) is 0 Å². The van der Waals surface area contributed by atoms with Gasteiger partial charge in [-0.05, 0) is 46.7 Å². The minimum atomic E-state index is 0.734. The van der Waals surface area contributed by atoms with Crippen LogP contribution in [0.1, 0.15) is 11.1 Å². The van der Waals surface area contributed by atoms with Gasteiger partial charge in [0, 0.05) is 11.0 Å². The summed E-state index contributed by atoms with van der Waals surface area (Å²) in [6.07, 6.45) is 1.59. The zero-order chi connectivity index (χ0) is 14.7. The van der Waals surface area contributed by atoms with Crippen molar-refractivity contribution < 1.29 is 0 Å². The van der Waals surface area contributed by atoms with E-state index in [2.05, 4.69) is 61.9 Å². The molecule has 0 aliphatic carbocycles. The van der Waals surface area contributed by atoms with Crippen molar-refractivity contribution in [2.45, 2.75) is 13.5 Å². The van der Waals surface area contributed by atoms with Crippen LogP contribution in [0.25, 0.3) is 5.69 Å². The van der Waals surface area contributed by atoms with Crippen LogP contribution in [-0.4, -0.2) is 20.2 Å². The van der Waals surface area contributed by atoms with E-state index < -0.39 is 0 Å². The number of halogens is 1. The van der Waals surface area contributed by atoms with Crippen LogP contribution in [0.2, 0.25) is 0 Å². The van der Waals surface area contributed by atoms with Crippen molar-refractivity contribution in [3.8, 4) is 5.69 Å². The molecule has 3 rings (SSSR count). The Morgan fingerprint density at radius 1 is 1.19 bits per heavy atom. The lowest BCUT2D eigenvalue weighted by molar-refractivity contribution is 0.789. The van der Waals surface area contributed by atoms with Crippen LogP contribution in [-0.2, 0) is 6.54 Å². The molecule has 0 saturated heterocycles. The predicted octanol–water partition coefficient (Wildman–Crippen LogP) is 3.35. The predicted molar refractivity (Wildman–Crippen MR) is 85.4 cm³/mol. The molecule has 2 aromatic carbocycles. The number of para-hydroxylation sites is 2. The quantitative estimate of drug-likeness (QED) is 0.789. The topological polar surface area (TPSA) is 55.6 Å². The highest BCUT2D eigenvalue weighted by Crippen LogP contribution is 2.21. The number of hydrogen-bond acceptors (Lipinski definition) is 4. The monoisotopic (exact) mass is 343 g/mol. The third-order valence-corrected chi connectivity index (χ3v) is 4.07. The van der Waals surface area contributed by atoms with Crippen LogP contribution in [0, 0.1) is 6.92 Å². The van der Waals surface area contributed by atoms with E-state index in [-0.39, 0.29) is 0 Å². The second-order valence-corrected chi connectivity index (χ2v) is 5.56. The number of nitrogens with one attached hydrogen (secondary N) is 1. The van der Waals surface area contributed by atoms with Gasteiger partial charge in [0.15, 0.2) is 0 Å². The SMILES string of the molecule is Cc1ccc(CNc2ccccc2-n2cnnn2)cc1Br. The molecular weight excluding hydrogens is 330 g/mol. The lowest BCUT2D eigenvalue weighted by Crippen LogP contribution is -2.05. The lowest BCUT2D eigenvalue weighted by Gasteiger charge is -2.11. The van der Waals surface area contributed by atoms with Gasteiger partial charge in [-0.25, -0.2) is 0 Å². The molecule has 0 fully saturated rings. The van der Waals surface area contributed by atoms with Gasteiger partial charge in [-0.2, -0.15) is 4.68 Å². The molecule has 6 heteroatoms. The van der Waals surface area contributed by atoms with E-state index >= 15 is 0 Å². The van der Waals surface area contributed by atoms with Crippen molar-refractivity contribution in [3.05, 3.63) is 64.4 Å². The smallest absolute Gasteiger partial charge is 0.143 e. The van der Waals surface area contributed by atoms with Crippen LogP contribution < -0.4 is 5.32 Å². The van der Waals surface area contributed by atoms with Gasteiger partial charge in [0.1, 0.15) is 6.33 Å². The molecule has 0 bridgehead atoms. The summed E-state index contributed by atoms with van der Waals surface area (Å²) in [7, 11) is 0. The lowest BCUT2D eigenvalue weighted by atomic mass is 10.1. The summed E-state index contributed by atoms with van der Waals surface area (Å²) in [5, 5.41) is 14.7. The first-order chi connectivity index (χ1) is 10.2. The summed E-state index contributed by atoms with van der Waals surface area (Å²) in [6.45, 7) is 2.81. The van der Waals surface area contributed by atoms with Gasteiger partial charge in [-0.15, -0.1) is 5.10 Å².